The zero-order valence-corrected chi connectivity index (χ0v) is 20.7. The van der Waals surface area contributed by atoms with Crippen LogP contribution in [-0.4, -0.2) is 36.1 Å². The zero-order valence-electron chi connectivity index (χ0n) is 19.8. The van der Waals surface area contributed by atoms with Crippen molar-refractivity contribution in [3.63, 3.8) is 0 Å². The van der Waals surface area contributed by atoms with Crippen molar-refractivity contribution in [2.45, 2.75) is 62.1 Å². The van der Waals surface area contributed by atoms with Crippen molar-refractivity contribution >= 4 is 15.9 Å². The summed E-state index contributed by atoms with van der Waals surface area (Å²) in [6, 6.07) is 15.1. The first-order chi connectivity index (χ1) is 16.6. The summed E-state index contributed by atoms with van der Waals surface area (Å²) < 4.78 is 33.5. The molecule has 0 radical (unpaired) electrons. The quantitative estimate of drug-likeness (QED) is 0.435. The van der Waals surface area contributed by atoms with E-state index in [0.717, 1.165) is 11.1 Å². The smallest absolute Gasteiger partial charge is 0.240 e. The van der Waals surface area contributed by atoms with Crippen LogP contribution >= 0.6 is 0 Å². The van der Waals surface area contributed by atoms with Crippen LogP contribution in [0.3, 0.4) is 0 Å². The Kier molecular flexibility index (Phi) is 7.39. The lowest BCUT2D eigenvalue weighted by Crippen LogP contribution is -2.46. The van der Waals surface area contributed by atoms with Gasteiger partial charge >= 0.3 is 0 Å². The van der Waals surface area contributed by atoms with Crippen LogP contribution in [0.2, 0.25) is 0 Å². The molecule has 35 heavy (non-hydrogen) atoms. The average Bonchev–Trinajstić information content (AvgIpc) is 3.38. The van der Waals surface area contributed by atoms with Gasteiger partial charge in [0.2, 0.25) is 15.9 Å². The molecule has 2 aromatic carbocycles. The van der Waals surface area contributed by atoms with Crippen LogP contribution in [-0.2, 0) is 14.8 Å². The molecule has 1 fully saturated rings. The summed E-state index contributed by atoms with van der Waals surface area (Å²) in [6.07, 6.45) is 5.08. The number of oxazole rings is 1. The molecule has 1 aromatic heterocycles. The highest BCUT2D eigenvalue weighted by Crippen LogP contribution is 2.30. The fraction of sp³-hybridized carbons (Fsp3) is 0.385. The van der Waals surface area contributed by atoms with Gasteiger partial charge in [-0.1, -0.05) is 42.5 Å². The van der Waals surface area contributed by atoms with Crippen LogP contribution in [0.15, 0.2) is 76.6 Å². The fourth-order valence-electron chi connectivity index (χ4n) is 4.49. The van der Waals surface area contributed by atoms with Gasteiger partial charge in [0.1, 0.15) is 12.0 Å². The molecule has 186 valence electrons. The third kappa shape index (κ3) is 6.17. The van der Waals surface area contributed by atoms with Crippen molar-refractivity contribution < 1.29 is 22.7 Å². The predicted molar refractivity (Wildman–Crippen MR) is 132 cm³/mol. The van der Waals surface area contributed by atoms with E-state index in [9.17, 15) is 18.3 Å². The number of hydrogen-bond donors (Lipinski definition) is 3. The summed E-state index contributed by atoms with van der Waals surface area (Å²) in [5.74, 6) is -0.350. The SMILES string of the molecule is CC(C)(O)[C@@H](NC(=O)[C@H]1CC[C@H](NS(=O)(=O)c2ccc(-c3cocn3)cc2)CC1)c1ccccc1. The molecule has 1 amide bonds. The Balaban J connectivity index is 1.33. The maximum atomic E-state index is 13.0. The maximum absolute atomic E-state index is 13.0. The number of hydrogen-bond acceptors (Lipinski definition) is 6. The van der Waals surface area contributed by atoms with Gasteiger partial charge in [0.05, 0.1) is 16.5 Å². The van der Waals surface area contributed by atoms with Gasteiger partial charge in [0, 0.05) is 17.5 Å². The number of aromatic nitrogens is 1. The highest BCUT2D eigenvalue weighted by Gasteiger charge is 2.34. The number of carbonyl (C=O) groups excluding carboxylic acids is 1. The van der Waals surface area contributed by atoms with E-state index in [2.05, 4.69) is 15.0 Å². The molecule has 0 aliphatic heterocycles. The zero-order chi connectivity index (χ0) is 25.1. The van der Waals surface area contributed by atoms with E-state index in [1.54, 1.807) is 38.1 Å². The normalized spacial score (nSPS) is 19.7. The van der Waals surface area contributed by atoms with Crippen molar-refractivity contribution in [3.05, 3.63) is 72.8 Å². The number of aliphatic hydroxyl groups is 1. The minimum atomic E-state index is -3.69. The van der Waals surface area contributed by atoms with Crippen molar-refractivity contribution in [2.24, 2.45) is 5.92 Å². The van der Waals surface area contributed by atoms with Gasteiger partial charge < -0.3 is 14.8 Å². The Bertz CT molecular complexity index is 1210. The van der Waals surface area contributed by atoms with Gasteiger partial charge in [-0.05, 0) is 57.2 Å². The molecule has 0 bridgehead atoms. The van der Waals surface area contributed by atoms with E-state index in [4.69, 9.17) is 4.42 Å². The maximum Gasteiger partial charge on any atom is 0.240 e. The van der Waals surface area contributed by atoms with Crippen molar-refractivity contribution in [2.75, 3.05) is 0 Å². The Morgan fingerprint density at radius 3 is 2.29 bits per heavy atom. The molecule has 4 rings (SSSR count). The monoisotopic (exact) mass is 497 g/mol. The first kappa shape index (κ1) is 25.1. The van der Waals surface area contributed by atoms with Crippen molar-refractivity contribution in [1.29, 1.82) is 0 Å². The molecule has 1 aliphatic rings. The largest absolute Gasteiger partial charge is 0.451 e. The van der Waals surface area contributed by atoms with E-state index < -0.39 is 21.7 Å². The molecule has 3 aromatic rings. The van der Waals surface area contributed by atoms with E-state index in [1.165, 1.54) is 12.7 Å². The number of sulfonamides is 1. The molecule has 9 heteroatoms. The molecule has 8 nitrogen and oxygen atoms in total. The van der Waals surface area contributed by atoms with Gasteiger partial charge in [-0.15, -0.1) is 0 Å². The lowest BCUT2D eigenvalue weighted by molar-refractivity contribution is -0.128. The molecule has 0 spiro atoms. The molecule has 1 atom stereocenters. The second-order valence-electron chi connectivity index (χ2n) is 9.57. The number of carbonyl (C=O) groups is 1. The minimum Gasteiger partial charge on any atom is -0.451 e. The average molecular weight is 498 g/mol. The number of rotatable bonds is 8. The van der Waals surface area contributed by atoms with E-state index in [-0.39, 0.29) is 22.8 Å². The first-order valence-electron chi connectivity index (χ1n) is 11.7. The number of nitrogens with zero attached hydrogens (tertiary/aromatic N) is 1. The summed E-state index contributed by atoms with van der Waals surface area (Å²) in [5, 5.41) is 13.6. The molecule has 0 saturated heterocycles. The van der Waals surface area contributed by atoms with Crippen LogP contribution < -0.4 is 10.0 Å². The van der Waals surface area contributed by atoms with Gasteiger partial charge in [0.25, 0.3) is 0 Å². The number of nitrogens with one attached hydrogen (secondary N) is 2. The fourth-order valence-corrected chi connectivity index (χ4v) is 5.80. The van der Waals surface area contributed by atoms with Gasteiger partial charge in [-0.2, -0.15) is 0 Å². The minimum absolute atomic E-state index is 0.120. The van der Waals surface area contributed by atoms with Crippen LogP contribution in [0.25, 0.3) is 11.3 Å². The van der Waals surface area contributed by atoms with Crippen LogP contribution in [0.1, 0.15) is 51.1 Å². The summed E-state index contributed by atoms with van der Waals surface area (Å²) in [5.41, 5.74) is 1.11. The van der Waals surface area contributed by atoms with Crippen molar-refractivity contribution in [3.8, 4) is 11.3 Å². The molecule has 1 aliphatic carbocycles. The molecule has 3 N–H and O–H groups in total. The third-order valence-electron chi connectivity index (χ3n) is 6.44. The van der Waals surface area contributed by atoms with Crippen molar-refractivity contribution in [1.82, 2.24) is 15.0 Å². The van der Waals surface area contributed by atoms with Crippen LogP contribution in [0.4, 0.5) is 0 Å². The molecule has 1 heterocycles. The van der Waals surface area contributed by atoms with Crippen LogP contribution in [0.5, 0.6) is 0 Å². The molecule has 0 unspecified atom stereocenters. The lowest BCUT2D eigenvalue weighted by atomic mass is 9.84. The highest BCUT2D eigenvalue weighted by molar-refractivity contribution is 7.89. The third-order valence-corrected chi connectivity index (χ3v) is 7.97. The molecule has 1 saturated carbocycles. The number of amides is 1. The highest BCUT2D eigenvalue weighted by atomic mass is 32.2. The summed E-state index contributed by atoms with van der Waals surface area (Å²) in [4.78, 5) is 17.2. The standard InChI is InChI=1S/C26H31N3O5S/c1-26(2,31)24(19-6-4-3-5-7-19)28-25(30)20-8-12-21(13-9-20)29-35(32,33)22-14-10-18(11-15-22)23-16-34-17-27-23/h3-7,10-11,14-17,20-21,24,29,31H,8-9,12-13H2,1-2H3,(H,28,30)/t20-,21-,24-/m0/s1. The van der Waals surface area contributed by atoms with Crippen LogP contribution in [0, 0.1) is 5.92 Å². The van der Waals surface area contributed by atoms with Gasteiger partial charge in [0.15, 0.2) is 6.39 Å². The predicted octanol–water partition coefficient (Wildman–Crippen LogP) is 3.81. The summed E-state index contributed by atoms with van der Waals surface area (Å²) in [7, 11) is -3.69. The number of benzene rings is 2. The second-order valence-corrected chi connectivity index (χ2v) is 11.3. The van der Waals surface area contributed by atoms with E-state index in [0.29, 0.717) is 31.4 Å². The first-order valence-corrected chi connectivity index (χ1v) is 13.2. The Morgan fingerprint density at radius 2 is 1.71 bits per heavy atom. The Morgan fingerprint density at radius 1 is 1.06 bits per heavy atom. The Hall–Kier alpha value is -3.01. The van der Waals surface area contributed by atoms with Gasteiger partial charge in [-0.25, -0.2) is 18.1 Å². The summed E-state index contributed by atoms with van der Waals surface area (Å²) >= 11 is 0. The topological polar surface area (TPSA) is 122 Å². The Labute approximate surface area is 205 Å². The summed E-state index contributed by atoms with van der Waals surface area (Å²) in [6.45, 7) is 3.35. The van der Waals surface area contributed by atoms with Gasteiger partial charge in [-0.3, -0.25) is 4.79 Å². The second kappa shape index (κ2) is 10.3. The lowest BCUT2D eigenvalue weighted by Gasteiger charge is -2.34. The molecular weight excluding hydrogens is 466 g/mol. The van der Waals surface area contributed by atoms with E-state index >= 15 is 0 Å². The van der Waals surface area contributed by atoms with E-state index in [1.807, 2.05) is 30.3 Å². The molecular formula is C26H31N3O5S.